The maximum atomic E-state index is 8.74. The molecule has 2 N–H and O–H groups in total. The molecule has 4 heteroatoms. The Balaban J connectivity index is 1.89. The summed E-state index contributed by atoms with van der Waals surface area (Å²) in [7, 11) is -1.74. The molecular weight excluding hydrogens is 239 g/mol. The Morgan fingerprint density at radius 1 is 1.11 bits per heavy atom. The van der Waals surface area contributed by atoms with Crippen LogP contribution < -0.4 is 4.65 Å². The van der Waals surface area contributed by atoms with Crippen LogP contribution in [0.5, 0.6) is 5.75 Å². The molecule has 19 heavy (non-hydrogen) atoms. The van der Waals surface area contributed by atoms with Crippen molar-refractivity contribution in [1.82, 2.24) is 0 Å². The highest BCUT2D eigenvalue weighted by atomic mass is 16.6. The van der Waals surface area contributed by atoms with E-state index in [-0.39, 0.29) is 0 Å². The molecule has 1 saturated carbocycles. The molecular formula is C15H23BO3. The molecule has 0 spiro atoms. The Labute approximate surface area is 115 Å². The fraction of sp³-hybridized carbons (Fsp3) is 0.600. The Morgan fingerprint density at radius 2 is 1.74 bits per heavy atom. The zero-order valence-corrected chi connectivity index (χ0v) is 11.6. The minimum absolute atomic E-state index is 0.499. The molecule has 1 aliphatic rings. The second-order valence-electron chi connectivity index (χ2n) is 5.52. The summed E-state index contributed by atoms with van der Waals surface area (Å²) in [6.07, 6.45) is 7.89. The topological polar surface area (TPSA) is 49.7 Å². The average molecular weight is 262 g/mol. The lowest BCUT2D eigenvalue weighted by Gasteiger charge is -2.28. The van der Waals surface area contributed by atoms with Crippen LogP contribution in [0.25, 0.3) is 0 Å². The third-order valence-corrected chi connectivity index (χ3v) is 4.14. The van der Waals surface area contributed by atoms with Gasteiger partial charge in [-0.2, -0.15) is 0 Å². The van der Waals surface area contributed by atoms with Gasteiger partial charge in [0.05, 0.1) is 0 Å². The summed E-state index contributed by atoms with van der Waals surface area (Å²) >= 11 is 0. The van der Waals surface area contributed by atoms with Crippen molar-refractivity contribution in [3.63, 3.8) is 0 Å². The number of benzene rings is 1. The molecule has 0 aliphatic heterocycles. The Kier molecular flexibility index (Phi) is 5.29. The van der Waals surface area contributed by atoms with E-state index in [1.165, 1.54) is 44.1 Å². The molecule has 1 aromatic carbocycles. The van der Waals surface area contributed by atoms with E-state index in [4.69, 9.17) is 14.7 Å². The van der Waals surface area contributed by atoms with Crippen molar-refractivity contribution in [3.05, 3.63) is 29.8 Å². The summed E-state index contributed by atoms with van der Waals surface area (Å²) in [6.45, 7) is 2.26. The van der Waals surface area contributed by atoms with Crippen molar-refractivity contribution in [2.75, 3.05) is 0 Å². The number of hydrogen-bond acceptors (Lipinski definition) is 3. The normalized spacial score (nSPS) is 23.1. The van der Waals surface area contributed by atoms with Gasteiger partial charge in [0.2, 0.25) is 0 Å². The molecule has 0 heterocycles. The third-order valence-electron chi connectivity index (χ3n) is 4.14. The highest BCUT2D eigenvalue weighted by Gasteiger charge is 2.21. The molecule has 1 fully saturated rings. The monoisotopic (exact) mass is 262 g/mol. The van der Waals surface area contributed by atoms with Crippen molar-refractivity contribution >= 4 is 7.32 Å². The van der Waals surface area contributed by atoms with Crippen molar-refractivity contribution in [2.45, 2.75) is 51.4 Å². The summed E-state index contributed by atoms with van der Waals surface area (Å²) < 4.78 is 4.82. The summed E-state index contributed by atoms with van der Waals surface area (Å²) in [6, 6.07) is 7.71. The molecule has 0 saturated heterocycles. The van der Waals surface area contributed by atoms with Crippen LogP contribution in [0.2, 0.25) is 0 Å². The van der Waals surface area contributed by atoms with Crippen molar-refractivity contribution in [3.8, 4) is 5.75 Å². The smallest absolute Gasteiger partial charge is 0.512 e. The maximum absolute atomic E-state index is 8.74. The first-order valence-corrected chi connectivity index (χ1v) is 7.31. The lowest BCUT2D eigenvalue weighted by Crippen LogP contribution is -2.20. The molecule has 2 rings (SSSR count). The van der Waals surface area contributed by atoms with Crippen LogP contribution >= 0.6 is 0 Å². The molecule has 0 amide bonds. The predicted octanol–water partition coefficient (Wildman–Crippen LogP) is 3.11. The van der Waals surface area contributed by atoms with Gasteiger partial charge >= 0.3 is 7.32 Å². The van der Waals surface area contributed by atoms with Gasteiger partial charge < -0.3 is 14.7 Å². The van der Waals surface area contributed by atoms with E-state index >= 15 is 0 Å². The van der Waals surface area contributed by atoms with Crippen LogP contribution in [0, 0.1) is 5.92 Å². The lowest BCUT2D eigenvalue weighted by atomic mass is 9.77. The third kappa shape index (κ3) is 4.25. The summed E-state index contributed by atoms with van der Waals surface area (Å²) in [5.41, 5.74) is 1.34. The van der Waals surface area contributed by atoms with Gasteiger partial charge in [0.1, 0.15) is 5.75 Å². The summed E-state index contributed by atoms with van der Waals surface area (Å²) in [5.74, 6) is 2.08. The van der Waals surface area contributed by atoms with Crippen LogP contribution in [0.3, 0.4) is 0 Å². The van der Waals surface area contributed by atoms with Crippen molar-refractivity contribution < 1.29 is 14.7 Å². The van der Waals surface area contributed by atoms with E-state index in [0.29, 0.717) is 11.7 Å². The quantitative estimate of drug-likeness (QED) is 0.801. The van der Waals surface area contributed by atoms with Gasteiger partial charge in [-0.3, -0.25) is 0 Å². The van der Waals surface area contributed by atoms with E-state index in [1.54, 1.807) is 0 Å². The minimum atomic E-state index is -1.74. The van der Waals surface area contributed by atoms with E-state index in [9.17, 15) is 0 Å². The molecule has 1 aliphatic carbocycles. The van der Waals surface area contributed by atoms with Gasteiger partial charge in [-0.05, 0) is 55.2 Å². The lowest BCUT2D eigenvalue weighted by molar-refractivity contribution is 0.288. The largest absolute Gasteiger partial charge is 0.707 e. The molecule has 104 valence electrons. The zero-order chi connectivity index (χ0) is 13.7. The van der Waals surface area contributed by atoms with Crippen LogP contribution in [-0.4, -0.2) is 17.4 Å². The van der Waals surface area contributed by atoms with Gasteiger partial charge in [0.15, 0.2) is 0 Å². The van der Waals surface area contributed by atoms with Crippen LogP contribution in [0.1, 0.15) is 56.9 Å². The highest BCUT2D eigenvalue weighted by molar-refractivity contribution is 6.33. The summed E-state index contributed by atoms with van der Waals surface area (Å²) in [5, 5.41) is 17.5. The van der Waals surface area contributed by atoms with E-state index in [0.717, 1.165) is 5.92 Å². The molecule has 0 atom stereocenters. The standard InChI is InChI=1S/C15H23BO3/c1-2-3-12-4-6-13(7-5-12)14-8-10-15(11-9-14)19-16(17)18/h8-13,17-18H,2-7H2,1H3/t12-,13-. The van der Waals surface area contributed by atoms with Crippen molar-refractivity contribution in [1.29, 1.82) is 0 Å². The summed E-state index contributed by atoms with van der Waals surface area (Å²) in [4.78, 5) is 0. The Bertz CT molecular complexity index is 369. The average Bonchev–Trinajstić information content (AvgIpc) is 2.40. The molecule has 3 nitrogen and oxygen atoms in total. The van der Waals surface area contributed by atoms with Gasteiger partial charge in [0, 0.05) is 0 Å². The Hall–Kier alpha value is -0.995. The van der Waals surface area contributed by atoms with Crippen molar-refractivity contribution in [2.24, 2.45) is 5.92 Å². The van der Waals surface area contributed by atoms with Gasteiger partial charge in [0.25, 0.3) is 0 Å². The predicted molar refractivity (Wildman–Crippen MR) is 76.9 cm³/mol. The fourth-order valence-corrected chi connectivity index (χ4v) is 3.13. The SMILES string of the molecule is CCC[C@H]1CC[C@H](c2ccc(OB(O)O)cc2)CC1. The van der Waals surface area contributed by atoms with Gasteiger partial charge in [-0.1, -0.05) is 31.9 Å². The zero-order valence-electron chi connectivity index (χ0n) is 11.6. The van der Waals surface area contributed by atoms with Crippen LogP contribution in [0.4, 0.5) is 0 Å². The Morgan fingerprint density at radius 3 is 2.26 bits per heavy atom. The minimum Gasteiger partial charge on any atom is -0.512 e. The maximum Gasteiger partial charge on any atom is 0.707 e. The molecule has 0 bridgehead atoms. The number of hydrogen-bond donors (Lipinski definition) is 2. The molecule has 1 aromatic rings. The van der Waals surface area contributed by atoms with E-state index in [2.05, 4.69) is 6.92 Å². The van der Waals surface area contributed by atoms with Gasteiger partial charge in [-0.25, -0.2) is 0 Å². The van der Waals surface area contributed by atoms with Gasteiger partial charge in [-0.15, -0.1) is 0 Å². The molecule has 0 radical (unpaired) electrons. The van der Waals surface area contributed by atoms with E-state index < -0.39 is 7.32 Å². The number of rotatable bonds is 5. The van der Waals surface area contributed by atoms with E-state index in [1.807, 2.05) is 24.3 Å². The molecule has 0 aromatic heterocycles. The fourth-order valence-electron chi connectivity index (χ4n) is 3.13. The first-order valence-electron chi connectivity index (χ1n) is 7.31. The molecule has 0 unspecified atom stereocenters. The first-order chi connectivity index (χ1) is 9.19. The van der Waals surface area contributed by atoms with Crippen LogP contribution in [0.15, 0.2) is 24.3 Å². The second-order valence-corrected chi connectivity index (χ2v) is 5.52. The second kappa shape index (κ2) is 6.97. The van der Waals surface area contributed by atoms with Crippen LogP contribution in [-0.2, 0) is 0 Å². The highest BCUT2D eigenvalue weighted by Crippen LogP contribution is 2.37. The first kappa shape index (κ1) is 14.4.